The number of ether oxygens (including phenoxy) is 3. The van der Waals surface area contributed by atoms with Crippen molar-refractivity contribution in [2.75, 3.05) is 13.2 Å². The molecule has 6 nitrogen and oxygen atoms in total. The molecule has 0 aromatic heterocycles. The van der Waals surface area contributed by atoms with Gasteiger partial charge in [0.25, 0.3) is 0 Å². The van der Waals surface area contributed by atoms with Crippen LogP contribution in [0.5, 0.6) is 0 Å². The van der Waals surface area contributed by atoms with Crippen molar-refractivity contribution in [3.8, 4) is 0 Å². The Balaban J connectivity index is 4.29. The number of carbonyl (C=O) groups excluding carboxylic acids is 3. The Labute approximate surface area is 484 Å². The summed E-state index contributed by atoms with van der Waals surface area (Å²) in [5.74, 6) is -0.908. The summed E-state index contributed by atoms with van der Waals surface area (Å²) in [6.45, 7) is 6.53. The third-order valence-electron chi connectivity index (χ3n) is 14.9. The maximum Gasteiger partial charge on any atom is 0.306 e. The summed E-state index contributed by atoms with van der Waals surface area (Å²) < 4.78 is 16.9. The highest BCUT2D eigenvalue weighted by molar-refractivity contribution is 5.71. The molecule has 0 bridgehead atoms. The number of carbonyl (C=O) groups is 3. The van der Waals surface area contributed by atoms with E-state index in [1.807, 2.05) is 0 Å². The summed E-state index contributed by atoms with van der Waals surface area (Å²) in [7, 11) is 0. The second-order valence-electron chi connectivity index (χ2n) is 22.7. The highest BCUT2D eigenvalue weighted by Crippen LogP contribution is 2.18. The Morgan fingerprint density at radius 2 is 0.500 bits per heavy atom. The molecule has 0 rings (SSSR count). The number of hydrogen-bond acceptors (Lipinski definition) is 6. The van der Waals surface area contributed by atoms with Crippen molar-refractivity contribution in [3.63, 3.8) is 0 Å². The van der Waals surface area contributed by atoms with Crippen LogP contribution in [0.2, 0.25) is 0 Å². The molecule has 0 spiro atoms. The van der Waals surface area contributed by atoms with E-state index in [0.717, 1.165) is 89.9 Å². The second-order valence-corrected chi connectivity index (χ2v) is 22.7. The topological polar surface area (TPSA) is 78.9 Å². The molecular weight excluding hydrogens is 961 g/mol. The molecule has 0 aromatic rings. The van der Waals surface area contributed by atoms with Crippen molar-refractivity contribution in [3.05, 3.63) is 72.9 Å². The Morgan fingerprint density at radius 3 is 0.808 bits per heavy atom. The third-order valence-corrected chi connectivity index (χ3v) is 14.9. The fourth-order valence-corrected chi connectivity index (χ4v) is 9.88. The molecule has 0 radical (unpaired) electrons. The van der Waals surface area contributed by atoms with Gasteiger partial charge in [-0.05, 0) is 89.9 Å². The van der Waals surface area contributed by atoms with Gasteiger partial charge in [0.1, 0.15) is 13.2 Å². The molecule has 0 aliphatic rings. The van der Waals surface area contributed by atoms with E-state index in [9.17, 15) is 14.4 Å². The van der Waals surface area contributed by atoms with E-state index < -0.39 is 6.10 Å². The van der Waals surface area contributed by atoms with Gasteiger partial charge in [0.15, 0.2) is 6.10 Å². The molecule has 0 aromatic carbocycles. The normalized spacial score (nSPS) is 12.5. The van der Waals surface area contributed by atoms with E-state index >= 15 is 0 Å². The Morgan fingerprint density at radius 1 is 0.269 bits per heavy atom. The fraction of sp³-hybridized carbons (Fsp3) is 0.792. The summed E-state index contributed by atoms with van der Waals surface area (Å²) >= 11 is 0. The zero-order valence-corrected chi connectivity index (χ0v) is 51.9. The van der Waals surface area contributed by atoms with Gasteiger partial charge in [-0.2, -0.15) is 0 Å². The molecule has 0 aliphatic carbocycles. The summed E-state index contributed by atoms with van der Waals surface area (Å²) in [5, 5.41) is 0. The van der Waals surface area contributed by atoms with Crippen LogP contribution in [0.25, 0.3) is 0 Å². The second kappa shape index (κ2) is 66.4. The average Bonchev–Trinajstić information content (AvgIpc) is 3.44. The zero-order valence-electron chi connectivity index (χ0n) is 51.9. The summed E-state index contributed by atoms with van der Waals surface area (Å²) in [6, 6.07) is 0. The van der Waals surface area contributed by atoms with Crippen LogP contribution in [-0.2, 0) is 28.6 Å². The first-order valence-corrected chi connectivity index (χ1v) is 33.9. The van der Waals surface area contributed by atoms with Gasteiger partial charge in [-0.15, -0.1) is 0 Å². The lowest BCUT2D eigenvalue weighted by atomic mass is 10.0. The first-order valence-electron chi connectivity index (χ1n) is 33.9. The maximum atomic E-state index is 12.9. The van der Waals surface area contributed by atoms with E-state index in [4.69, 9.17) is 14.2 Å². The van der Waals surface area contributed by atoms with Gasteiger partial charge >= 0.3 is 17.9 Å². The lowest BCUT2D eigenvalue weighted by Crippen LogP contribution is -2.30. The SMILES string of the molecule is CC/C=C\C/C=C\C/C=C\C/C=C\CCCCC(=O)OCC(COC(=O)CCCCCCCCCCCCCCCCC/C=C\C/C=C\CCCCCCC)OC(=O)CCCCCCCCCCCCCCCCCCCC. The lowest BCUT2D eigenvalue weighted by Gasteiger charge is -2.18. The molecule has 0 heterocycles. The number of rotatable bonds is 62. The van der Waals surface area contributed by atoms with Crippen LogP contribution in [0.15, 0.2) is 72.9 Å². The third kappa shape index (κ3) is 63.7. The largest absolute Gasteiger partial charge is 0.462 e. The van der Waals surface area contributed by atoms with Crippen molar-refractivity contribution >= 4 is 17.9 Å². The quantitative estimate of drug-likeness (QED) is 0.0261. The van der Waals surface area contributed by atoms with Crippen molar-refractivity contribution in [1.29, 1.82) is 0 Å². The number of allylic oxidation sites excluding steroid dienone is 12. The van der Waals surface area contributed by atoms with E-state index in [1.165, 1.54) is 218 Å². The molecular formula is C72H128O6. The predicted octanol–water partition coefficient (Wildman–Crippen LogP) is 23.3. The van der Waals surface area contributed by atoms with Gasteiger partial charge < -0.3 is 14.2 Å². The van der Waals surface area contributed by atoms with Gasteiger partial charge in [0, 0.05) is 19.3 Å². The lowest BCUT2D eigenvalue weighted by molar-refractivity contribution is -0.167. The summed E-state index contributed by atoms with van der Waals surface area (Å²) in [4.78, 5) is 38.4. The van der Waals surface area contributed by atoms with Crippen LogP contribution in [0.3, 0.4) is 0 Å². The van der Waals surface area contributed by atoms with Crippen LogP contribution in [-0.4, -0.2) is 37.2 Å². The predicted molar refractivity (Wildman–Crippen MR) is 339 cm³/mol. The maximum absolute atomic E-state index is 12.9. The summed E-state index contributed by atoms with van der Waals surface area (Å²) in [6.07, 6.45) is 86.4. The van der Waals surface area contributed by atoms with Crippen LogP contribution in [0, 0.1) is 0 Å². The van der Waals surface area contributed by atoms with Gasteiger partial charge in [0.2, 0.25) is 0 Å². The van der Waals surface area contributed by atoms with E-state index in [2.05, 4.69) is 93.7 Å². The molecule has 1 atom stereocenters. The summed E-state index contributed by atoms with van der Waals surface area (Å²) in [5.41, 5.74) is 0. The minimum Gasteiger partial charge on any atom is -0.462 e. The van der Waals surface area contributed by atoms with Crippen molar-refractivity contribution in [1.82, 2.24) is 0 Å². The first-order chi connectivity index (χ1) is 38.5. The minimum absolute atomic E-state index is 0.0849. The van der Waals surface area contributed by atoms with Crippen molar-refractivity contribution in [2.24, 2.45) is 0 Å². The van der Waals surface area contributed by atoms with Crippen LogP contribution in [0.4, 0.5) is 0 Å². The van der Waals surface area contributed by atoms with E-state index in [1.54, 1.807) is 0 Å². The molecule has 0 amide bonds. The number of esters is 3. The smallest absolute Gasteiger partial charge is 0.306 e. The molecule has 0 fully saturated rings. The van der Waals surface area contributed by atoms with Gasteiger partial charge in [-0.25, -0.2) is 0 Å². The molecule has 0 aliphatic heterocycles. The average molecular weight is 1090 g/mol. The van der Waals surface area contributed by atoms with Gasteiger partial charge in [0.05, 0.1) is 0 Å². The van der Waals surface area contributed by atoms with Gasteiger partial charge in [-0.1, -0.05) is 312 Å². The van der Waals surface area contributed by atoms with E-state index in [0.29, 0.717) is 19.3 Å². The number of unbranched alkanes of at least 4 members (excludes halogenated alkanes) is 39. The van der Waals surface area contributed by atoms with Crippen LogP contribution >= 0.6 is 0 Å². The molecule has 0 N–H and O–H groups in total. The minimum atomic E-state index is -0.791. The molecule has 6 heteroatoms. The van der Waals surface area contributed by atoms with Crippen LogP contribution in [0.1, 0.15) is 348 Å². The molecule has 452 valence electrons. The molecule has 0 saturated carbocycles. The van der Waals surface area contributed by atoms with Crippen molar-refractivity contribution in [2.45, 2.75) is 354 Å². The Bertz CT molecular complexity index is 1440. The Kier molecular flexibility index (Phi) is 63.7. The van der Waals surface area contributed by atoms with E-state index in [-0.39, 0.29) is 31.1 Å². The highest BCUT2D eigenvalue weighted by Gasteiger charge is 2.19. The zero-order chi connectivity index (χ0) is 56.4. The molecule has 0 saturated heterocycles. The van der Waals surface area contributed by atoms with Crippen molar-refractivity contribution < 1.29 is 28.6 Å². The molecule has 78 heavy (non-hydrogen) atoms. The highest BCUT2D eigenvalue weighted by atomic mass is 16.6. The first kappa shape index (κ1) is 74.8. The standard InChI is InChI=1S/C72H128O6/c1-4-7-10-13-16-19-22-25-28-30-32-33-34-35-36-37-38-39-40-42-44-47-50-53-56-59-62-65-71(74)77-68-69(67-76-70(73)64-61-58-55-52-49-46-43-27-24-21-18-15-12-9-6-3)78-72(75)66-63-60-57-54-51-48-45-41-31-29-26-23-20-17-14-11-8-5-2/h9,12,18,21-22,25,27,30,32,43,49,52,69H,4-8,10-11,13-17,19-20,23-24,26,28-29,31,33-42,44-48,50-51,53-68H2,1-3H3/b12-9-,21-18-,25-22-,32-30-,43-27-,52-49-. The van der Waals surface area contributed by atoms with Gasteiger partial charge in [-0.3, -0.25) is 14.4 Å². The monoisotopic (exact) mass is 1090 g/mol. The fourth-order valence-electron chi connectivity index (χ4n) is 9.88. The Hall–Kier alpha value is -3.15. The number of hydrogen-bond donors (Lipinski definition) is 0. The van der Waals surface area contributed by atoms with Crippen LogP contribution < -0.4 is 0 Å². The molecule has 1 unspecified atom stereocenters.